The summed E-state index contributed by atoms with van der Waals surface area (Å²) in [5.41, 5.74) is 0.336. The second kappa shape index (κ2) is 4.75. The number of hydrogen-bond acceptors (Lipinski definition) is 4. The van der Waals surface area contributed by atoms with E-state index in [1.807, 2.05) is 6.07 Å². The molecule has 0 unspecified atom stereocenters. The lowest BCUT2D eigenvalue weighted by Crippen LogP contribution is -2.23. The Hall–Kier alpha value is -2.55. The number of nitrogens with zero attached hydrogens (tertiary/aromatic N) is 4. The first kappa shape index (κ1) is 11.9. The van der Waals surface area contributed by atoms with Crippen molar-refractivity contribution in [3.63, 3.8) is 0 Å². The minimum absolute atomic E-state index is 0.0589. The van der Waals surface area contributed by atoms with Gasteiger partial charge in [0.15, 0.2) is 0 Å². The van der Waals surface area contributed by atoms with Crippen LogP contribution in [0, 0.1) is 18.3 Å². The predicted molar refractivity (Wildman–Crippen MR) is 64.7 cm³/mol. The smallest absolute Gasteiger partial charge is 0.351 e. The molecule has 2 rings (SSSR count). The molecule has 0 radical (unpaired) electrons. The van der Waals surface area contributed by atoms with E-state index in [4.69, 9.17) is 10.00 Å². The van der Waals surface area contributed by atoms with E-state index < -0.39 is 0 Å². The molecule has 0 spiro atoms. The zero-order chi connectivity index (χ0) is 13.1. The van der Waals surface area contributed by atoms with Crippen molar-refractivity contribution in [1.82, 2.24) is 14.3 Å². The van der Waals surface area contributed by atoms with Crippen molar-refractivity contribution in [1.29, 1.82) is 5.26 Å². The van der Waals surface area contributed by atoms with Gasteiger partial charge in [0.25, 0.3) is 0 Å². The second-order valence-electron chi connectivity index (χ2n) is 3.68. The van der Waals surface area contributed by atoms with Gasteiger partial charge in [-0.2, -0.15) is 15.0 Å². The van der Waals surface area contributed by atoms with Crippen LogP contribution in [0.2, 0.25) is 0 Å². The van der Waals surface area contributed by atoms with E-state index in [0.29, 0.717) is 17.3 Å². The van der Waals surface area contributed by atoms with E-state index in [1.54, 1.807) is 38.3 Å². The molecule has 0 saturated carbocycles. The van der Waals surface area contributed by atoms with Crippen molar-refractivity contribution >= 4 is 0 Å². The van der Waals surface area contributed by atoms with Crippen molar-refractivity contribution in [3.05, 3.63) is 40.6 Å². The number of hydrogen-bond donors (Lipinski definition) is 0. The maximum Gasteiger partial charge on any atom is 0.351 e. The highest BCUT2D eigenvalue weighted by Crippen LogP contribution is 2.15. The third kappa shape index (κ3) is 1.98. The lowest BCUT2D eigenvalue weighted by Gasteiger charge is -2.05. The fourth-order valence-electron chi connectivity index (χ4n) is 1.73. The summed E-state index contributed by atoms with van der Waals surface area (Å²) < 4.78 is 7.69. The van der Waals surface area contributed by atoms with Gasteiger partial charge in [0.2, 0.25) is 0 Å². The number of nitriles is 1. The molecular weight excluding hydrogens is 232 g/mol. The first-order valence-corrected chi connectivity index (χ1v) is 5.35. The summed E-state index contributed by atoms with van der Waals surface area (Å²) >= 11 is 0. The summed E-state index contributed by atoms with van der Waals surface area (Å²) in [6, 6.07) is 9.02. The normalized spacial score (nSPS) is 10.1. The fourth-order valence-corrected chi connectivity index (χ4v) is 1.73. The molecule has 1 aromatic carbocycles. The van der Waals surface area contributed by atoms with Crippen molar-refractivity contribution < 1.29 is 4.74 Å². The van der Waals surface area contributed by atoms with Crippen molar-refractivity contribution in [2.24, 2.45) is 0 Å². The van der Waals surface area contributed by atoms with Crippen LogP contribution in [0.4, 0.5) is 0 Å². The van der Waals surface area contributed by atoms with Gasteiger partial charge in [0, 0.05) is 6.07 Å². The largest absolute Gasteiger partial charge is 0.497 e. The molecule has 0 atom stereocenters. The van der Waals surface area contributed by atoms with E-state index in [1.165, 1.54) is 4.57 Å². The van der Waals surface area contributed by atoms with Crippen LogP contribution in [0.15, 0.2) is 29.1 Å². The Morgan fingerprint density at radius 3 is 2.94 bits per heavy atom. The highest BCUT2D eigenvalue weighted by molar-refractivity contribution is 5.39. The molecule has 0 saturated heterocycles. The fraction of sp³-hybridized carbons (Fsp3) is 0.250. The monoisotopic (exact) mass is 244 g/mol. The van der Waals surface area contributed by atoms with Crippen LogP contribution in [0.1, 0.15) is 5.82 Å². The van der Waals surface area contributed by atoms with Crippen LogP contribution in [0.5, 0.6) is 5.75 Å². The minimum atomic E-state index is -0.331. The van der Waals surface area contributed by atoms with Crippen LogP contribution in [-0.4, -0.2) is 21.5 Å². The van der Waals surface area contributed by atoms with Crippen LogP contribution in [0.3, 0.4) is 0 Å². The molecule has 6 heteroatoms. The van der Waals surface area contributed by atoms with Crippen molar-refractivity contribution in [2.75, 3.05) is 7.11 Å². The zero-order valence-corrected chi connectivity index (χ0v) is 10.1. The molecule has 0 fully saturated rings. The Balaban J connectivity index is 2.57. The molecule has 0 aliphatic heterocycles. The first-order chi connectivity index (χ1) is 8.67. The Labute approximate surface area is 104 Å². The van der Waals surface area contributed by atoms with Crippen LogP contribution in [0.25, 0.3) is 5.69 Å². The molecule has 6 nitrogen and oxygen atoms in total. The van der Waals surface area contributed by atoms with Gasteiger partial charge >= 0.3 is 5.69 Å². The van der Waals surface area contributed by atoms with E-state index >= 15 is 0 Å². The molecular formula is C12H12N4O2. The number of aromatic nitrogens is 3. The third-order valence-electron chi connectivity index (χ3n) is 2.53. The molecule has 0 N–H and O–H groups in total. The van der Waals surface area contributed by atoms with Gasteiger partial charge in [0.1, 0.15) is 18.1 Å². The molecule has 2 aromatic rings. The van der Waals surface area contributed by atoms with Gasteiger partial charge in [-0.3, -0.25) is 0 Å². The van der Waals surface area contributed by atoms with Gasteiger partial charge in [-0.25, -0.2) is 9.36 Å². The number of benzene rings is 1. The van der Waals surface area contributed by atoms with Crippen LogP contribution < -0.4 is 10.4 Å². The van der Waals surface area contributed by atoms with E-state index in [0.717, 1.165) is 4.68 Å². The molecule has 1 heterocycles. The zero-order valence-electron chi connectivity index (χ0n) is 10.1. The van der Waals surface area contributed by atoms with Crippen LogP contribution >= 0.6 is 0 Å². The highest BCUT2D eigenvalue weighted by atomic mass is 16.5. The van der Waals surface area contributed by atoms with Gasteiger partial charge in [0.05, 0.1) is 18.9 Å². The molecule has 92 valence electrons. The average Bonchev–Trinajstić information content (AvgIpc) is 2.65. The summed E-state index contributed by atoms with van der Waals surface area (Å²) in [4.78, 5) is 12.1. The Kier molecular flexibility index (Phi) is 3.15. The Bertz CT molecular complexity index is 663. The third-order valence-corrected chi connectivity index (χ3v) is 2.53. The van der Waals surface area contributed by atoms with Crippen molar-refractivity contribution in [3.8, 4) is 17.5 Å². The maximum atomic E-state index is 12.1. The number of ether oxygens (including phenoxy) is 1. The van der Waals surface area contributed by atoms with Gasteiger partial charge < -0.3 is 4.74 Å². The van der Waals surface area contributed by atoms with Gasteiger partial charge in [-0.15, -0.1) is 0 Å². The quantitative estimate of drug-likeness (QED) is 0.803. The molecule has 18 heavy (non-hydrogen) atoms. The summed E-state index contributed by atoms with van der Waals surface area (Å²) in [5.74, 6) is 1.19. The topological polar surface area (TPSA) is 72.8 Å². The van der Waals surface area contributed by atoms with E-state index in [-0.39, 0.29) is 12.2 Å². The summed E-state index contributed by atoms with van der Waals surface area (Å²) in [7, 11) is 1.56. The van der Waals surface area contributed by atoms with Crippen LogP contribution in [-0.2, 0) is 6.54 Å². The standard InChI is InChI=1S/C12H12N4O2/c1-9-14-15(7-6-13)12(17)16(9)10-4-3-5-11(8-10)18-2/h3-5,8H,7H2,1-2H3. The van der Waals surface area contributed by atoms with Gasteiger partial charge in [-0.1, -0.05) is 6.07 Å². The lowest BCUT2D eigenvalue weighted by molar-refractivity contribution is 0.414. The minimum Gasteiger partial charge on any atom is -0.497 e. The number of methoxy groups -OCH3 is 1. The first-order valence-electron chi connectivity index (χ1n) is 5.35. The second-order valence-corrected chi connectivity index (χ2v) is 3.68. The molecule has 0 bridgehead atoms. The maximum absolute atomic E-state index is 12.1. The van der Waals surface area contributed by atoms with Gasteiger partial charge in [-0.05, 0) is 19.1 Å². The Morgan fingerprint density at radius 2 is 2.28 bits per heavy atom. The SMILES string of the molecule is COc1cccc(-n2c(C)nn(CC#N)c2=O)c1. The summed E-state index contributed by atoms with van der Waals surface area (Å²) in [5, 5.41) is 12.7. The van der Waals surface area contributed by atoms with Crippen molar-refractivity contribution in [2.45, 2.75) is 13.5 Å². The predicted octanol–water partition coefficient (Wildman–Crippen LogP) is 0.875. The molecule has 0 amide bonds. The van der Waals surface area contributed by atoms with E-state index in [2.05, 4.69) is 5.10 Å². The molecule has 0 aliphatic rings. The summed E-state index contributed by atoms with van der Waals surface area (Å²) in [6.07, 6.45) is 0. The number of rotatable bonds is 3. The number of aryl methyl sites for hydroxylation is 1. The highest BCUT2D eigenvalue weighted by Gasteiger charge is 2.11. The lowest BCUT2D eigenvalue weighted by atomic mass is 10.3. The average molecular weight is 244 g/mol. The molecule has 1 aromatic heterocycles. The molecule has 0 aliphatic carbocycles. The Morgan fingerprint density at radius 1 is 1.50 bits per heavy atom. The summed E-state index contributed by atoms with van der Waals surface area (Å²) in [6.45, 7) is 1.66. The van der Waals surface area contributed by atoms with E-state index in [9.17, 15) is 4.79 Å².